The second kappa shape index (κ2) is 8.36. The van der Waals surface area contributed by atoms with Gasteiger partial charge in [0.25, 0.3) is 5.91 Å². The molecular weight excluding hydrogens is 347 g/mol. The molecule has 128 valence electrons. The molecule has 1 aliphatic heterocycles. The van der Waals surface area contributed by atoms with Crippen LogP contribution in [-0.4, -0.2) is 34.3 Å². The monoisotopic (exact) mass is 366 g/mol. The number of aromatic nitrogens is 1. The molecule has 1 aromatic carbocycles. The Morgan fingerprint density at radius 2 is 2.04 bits per heavy atom. The lowest BCUT2D eigenvalue weighted by Crippen LogP contribution is -2.36. The van der Waals surface area contributed by atoms with Gasteiger partial charge in [0.15, 0.2) is 0 Å². The zero-order valence-corrected chi connectivity index (χ0v) is 15.0. The van der Waals surface area contributed by atoms with Crippen LogP contribution in [0.2, 0.25) is 0 Å². The van der Waals surface area contributed by atoms with Crippen molar-refractivity contribution in [1.29, 1.82) is 0 Å². The van der Waals surface area contributed by atoms with Crippen molar-refractivity contribution in [2.75, 3.05) is 12.4 Å². The molecule has 2 heterocycles. The van der Waals surface area contributed by atoms with E-state index < -0.39 is 0 Å². The van der Waals surface area contributed by atoms with Gasteiger partial charge in [0.2, 0.25) is 5.88 Å². The van der Waals surface area contributed by atoms with Crippen molar-refractivity contribution in [1.82, 2.24) is 9.88 Å². The van der Waals surface area contributed by atoms with E-state index in [4.69, 9.17) is 16.3 Å². The normalized spacial score (nSPS) is 16.7. The Hall–Kier alpha value is -1.78. The lowest BCUT2D eigenvalue weighted by atomic mass is 10.1. The molecule has 1 unspecified atom stereocenters. The number of ether oxygens (including phenoxy) is 1. The molecule has 3 rings (SSSR count). The van der Waals surface area contributed by atoms with Crippen molar-refractivity contribution in [3.05, 3.63) is 59.3 Å². The van der Waals surface area contributed by atoms with Gasteiger partial charge in [0.1, 0.15) is 11.7 Å². The highest BCUT2D eigenvalue weighted by atomic mass is 35.5. The Labute approximate surface area is 153 Å². The largest absolute Gasteiger partial charge is 0.472 e. The van der Waals surface area contributed by atoms with Gasteiger partial charge in [0, 0.05) is 18.6 Å². The smallest absolute Gasteiger partial charge is 0.259 e. The summed E-state index contributed by atoms with van der Waals surface area (Å²) in [7, 11) is 0. The molecule has 1 aliphatic rings. The summed E-state index contributed by atoms with van der Waals surface area (Å²) in [6.45, 7) is 3.11. The zero-order chi connectivity index (χ0) is 16.2. The molecule has 4 nitrogen and oxygen atoms in total. The van der Waals surface area contributed by atoms with Crippen LogP contribution in [0.1, 0.15) is 27.9 Å². The van der Waals surface area contributed by atoms with Crippen LogP contribution >= 0.6 is 24.0 Å². The Morgan fingerprint density at radius 1 is 1.29 bits per heavy atom. The van der Waals surface area contributed by atoms with Gasteiger partial charge in [-0.2, -0.15) is 0 Å². The number of benzene rings is 1. The molecule has 0 aliphatic carbocycles. The number of aryl methyl sites for hydroxylation is 1. The van der Waals surface area contributed by atoms with Crippen LogP contribution in [-0.2, 0) is 6.54 Å². The van der Waals surface area contributed by atoms with Crippen LogP contribution in [0.15, 0.2) is 42.6 Å². The van der Waals surface area contributed by atoms with Crippen LogP contribution in [0.4, 0.5) is 0 Å². The van der Waals surface area contributed by atoms with Gasteiger partial charge in [-0.05, 0) is 31.0 Å². The minimum atomic E-state index is -0.141. The number of halogens is 2. The topological polar surface area (TPSA) is 42.4 Å². The van der Waals surface area contributed by atoms with Crippen molar-refractivity contribution in [3.63, 3.8) is 0 Å². The minimum absolute atomic E-state index is 0. The second-order valence-corrected chi connectivity index (χ2v) is 6.12. The number of carbonyl (C=O) groups is 1. The number of carbonyl (C=O) groups excluding carboxylic acids is 1. The lowest BCUT2D eigenvalue weighted by molar-refractivity contribution is 0.0691. The maximum absolute atomic E-state index is 12.8. The second-order valence-electron chi connectivity index (χ2n) is 5.74. The molecule has 1 amide bonds. The van der Waals surface area contributed by atoms with E-state index in [1.807, 2.05) is 11.8 Å². The first-order chi connectivity index (χ1) is 11.2. The maximum atomic E-state index is 12.8. The molecule has 24 heavy (non-hydrogen) atoms. The van der Waals surface area contributed by atoms with Gasteiger partial charge >= 0.3 is 0 Å². The number of alkyl halides is 1. The van der Waals surface area contributed by atoms with E-state index in [2.05, 4.69) is 29.2 Å². The third-order valence-electron chi connectivity index (χ3n) is 3.92. The summed E-state index contributed by atoms with van der Waals surface area (Å²) >= 11 is 5.87. The van der Waals surface area contributed by atoms with Crippen LogP contribution in [0.3, 0.4) is 0 Å². The molecule has 0 spiro atoms. The summed E-state index contributed by atoms with van der Waals surface area (Å²) < 4.78 is 5.90. The molecular formula is C18H20Cl2N2O2. The number of rotatable bonds is 4. The van der Waals surface area contributed by atoms with E-state index in [1.54, 1.807) is 18.3 Å². The van der Waals surface area contributed by atoms with Gasteiger partial charge in [-0.3, -0.25) is 4.79 Å². The summed E-state index contributed by atoms with van der Waals surface area (Å²) in [6.07, 6.45) is 2.17. The molecule has 0 saturated heterocycles. The quantitative estimate of drug-likeness (QED) is 0.771. The van der Waals surface area contributed by atoms with Crippen molar-refractivity contribution in [3.8, 4) is 5.88 Å². The average molecular weight is 367 g/mol. The van der Waals surface area contributed by atoms with Crippen molar-refractivity contribution < 1.29 is 9.53 Å². The molecule has 0 saturated carbocycles. The number of hydrogen-bond acceptors (Lipinski definition) is 3. The van der Waals surface area contributed by atoms with Gasteiger partial charge in [-0.1, -0.05) is 29.8 Å². The first-order valence-electron chi connectivity index (χ1n) is 7.70. The van der Waals surface area contributed by atoms with Gasteiger partial charge < -0.3 is 9.64 Å². The molecule has 2 aromatic rings. The molecule has 0 radical (unpaired) electrons. The number of nitrogens with zero attached hydrogens (tertiary/aromatic N) is 2. The Morgan fingerprint density at radius 3 is 2.75 bits per heavy atom. The molecule has 1 atom stereocenters. The number of hydrogen-bond donors (Lipinski definition) is 0. The van der Waals surface area contributed by atoms with E-state index >= 15 is 0 Å². The van der Waals surface area contributed by atoms with Gasteiger partial charge in [-0.15, -0.1) is 24.0 Å². The van der Waals surface area contributed by atoms with Crippen molar-refractivity contribution in [2.24, 2.45) is 0 Å². The highest BCUT2D eigenvalue weighted by Crippen LogP contribution is 2.24. The fourth-order valence-corrected chi connectivity index (χ4v) is 2.91. The number of amides is 1. The SMILES string of the molecule is Cc1ccc(CN2CC(CCCl)Oc3ncccc3C2=O)cc1.Cl. The maximum Gasteiger partial charge on any atom is 0.259 e. The zero-order valence-electron chi connectivity index (χ0n) is 13.4. The molecule has 1 aromatic heterocycles. The van der Waals surface area contributed by atoms with Gasteiger partial charge in [0.05, 0.1) is 6.54 Å². The number of fused-ring (bicyclic) bond motifs is 1. The Kier molecular flexibility index (Phi) is 6.46. The third kappa shape index (κ3) is 4.19. The molecule has 0 N–H and O–H groups in total. The van der Waals surface area contributed by atoms with Gasteiger partial charge in [-0.25, -0.2) is 4.98 Å². The minimum Gasteiger partial charge on any atom is -0.472 e. The molecule has 0 bridgehead atoms. The highest BCUT2D eigenvalue weighted by Gasteiger charge is 2.29. The first-order valence-corrected chi connectivity index (χ1v) is 8.23. The standard InChI is InChI=1S/C18H19ClN2O2.ClH/c1-13-4-6-14(7-5-13)11-21-12-15(8-9-19)23-17-16(18(21)22)3-2-10-20-17;/h2-7,10,15H,8-9,11-12H2,1H3;1H. The van der Waals surface area contributed by atoms with E-state index in [1.165, 1.54) is 5.56 Å². The predicted octanol–water partition coefficient (Wildman–Crippen LogP) is 3.84. The van der Waals surface area contributed by atoms with E-state index in [0.717, 1.165) is 5.56 Å². The van der Waals surface area contributed by atoms with Crippen LogP contribution < -0.4 is 4.74 Å². The highest BCUT2D eigenvalue weighted by molar-refractivity contribution is 6.17. The van der Waals surface area contributed by atoms with E-state index in [9.17, 15) is 4.79 Å². The molecule has 6 heteroatoms. The average Bonchev–Trinajstić information content (AvgIpc) is 2.68. The Bertz CT molecular complexity index is 692. The lowest BCUT2D eigenvalue weighted by Gasteiger charge is -2.24. The third-order valence-corrected chi connectivity index (χ3v) is 4.13. The fourth-order valence-electron chi connectivity index (χ4n) is 2.66. The first kappa shape index (κ1) is 18.6. The van der Waals surface area contributed by atoms with Crippen LogP contribution in [0, 0.1) is 6.92 Å². The fraction of sp³-hybridized carbons (Fsp3) is 0.333. The van der Waals surface area contributed by atoms with E-state index in [-0.39, 0.29) is 24.4 Å². The van der Waals surface area contributed by atoms with Crippen LogP contribution in [0.5, 0.6) is 5.88 Å². The van der Waals surface area contributed by atoms with Crippen LogP contribution in [0.25, 0.3) is 0 Å². The molecule has 0 fully saturated rings. The number of pyridine rings is 1. The van der Waals surface area contributed by atoms with Crippen molar-refractivity contribution in [2.45, 2.75) is 26.0 Å². The summed E-state index contributed by atoms with van der Waals surface area (Å²) in [4.78, 5) is 18.8. The summed E-state index contributed by atoms with van der Waals surface area (Å²) in [5.41, 5.74) is 2.81. The van der Waals surface area contributed by atoms with E-state index in [0.29, 0.717) is 36.8 Å². The summed E-state index contributed by atoms with van der Waals surface area (Å²) in [6, 6.07) is 11.7. The van der Waals surface area contributed by atoms with Crippen molar-refractivity contribution >= 4 is 29.9 Å². The predicted molar refractivity (Wildman–Crippen MR) is 97.2 cm³/mol. The Balaban J connectivity index is 0.00000208. The summed E-state index contributed by atoms with van der Waals surface area (Å²) in [5.74, 6) is 0.837. The summed E-state index contributed by atoms with van der Waals surface area (Å²) in [5, 5.41) is 0.